The molecule has 0 heterocycles. The van der Waals surface area contributed by atoms with Crippen LogP contribution in [0.4, 0.5) is 0 Å². The van der Waals surface area contributed by atoms with Crippen LogP contribution in [-0.2, 0) is 6.54 Å². The van der Waals surface area contributed by atoms with Crippen LogP contribution in [0.25, 0.3) is 0 Å². The van der Waals surface area contributed by atoms with Crippen molar-refractivity contribution >= 4 is 0 Å². The molecule has 19 heavy (non-hydrogen) atoms. The Balaban J connectivity index is 2.59. The van der Waals surface area contributed by atoms with Crippen LogP contribution >= 0.6 is 0 Å². The third-order valence-electron chi connectivity index (χ3n) is 2.80. The maximum atomic E-state index is 5.76. The summed E-state index contributed by atoms with van der Waals surface area (Å²) < 4.78 is 11.1. The molecule has 1 aromatic carbocycles. The van der Waals surface area contributed by atoms with Gasteiger partial charge in [-0.2, -0.15) is 0 Å². The van der Waals surface area contributed by atoms with E-state index in [4.69, 9.17) is 9.47 Å². The van der Waals surface area contributed by atoms with Crippen molar-refractivity contribution in [3.63, 3.8) is 0 Å². The van der Waals surface area contributed by atoms with E-state index in [9.17, 15) is 0 Å². The van der Waals surface area contributed by atoms with Gasteiger partial charge in [0.15, 0.2) is 11.5 Å². The SMILES string of the molecule is C=CCNCc1ccc(OCCC(C)C)c(OC)c1. The van der Waals surface area contributed by atoms with E-state index < -0.39 is 0 Å². The van der Waals surface area contributed by atoms with Crippen LogP contribution in [-0.4, -0.2) is 20.3 Å². The molecule has 0 bridgehead atoms. The largest absolute Gasteiger partial charge is 0.493 e. The minimum Gasteiger partial charge on any atom is -0.493 e. The summed E-state index contributed by atoms with van der Waals surface area (Å²) in [6.07, 6.45) is 2.90. The highest BCUT2D eigenvalue weighted by Gasteiger charge is 2.06. The van der Waals surface area contributed by atoms with Crippen molar-refractivity contribution in [1.82, 2.24) is 5.32 Å². The number of methoxy groups -OCH3 is 1. The van der Waals surface area contributed by atoms with Gasteiger partial charge < -0.3 is 14.8 Å². The smallest absolute Gasteiger partial charge is 0.161 e. The second kappa shape index (κ2) is 8.59. The van der Waals surface area contributed by atoms with Gasteiger partial charge >= 0.3 is 0 Å². The van der Waals surface area contributed by atoms with E-state index in [0.717, 1.165) is 37.6 Å². The number of benzene rings is 1. The summed E-state index contributed by atoms with van der Waals surface area (Å²) in [6.45, 7) is 10.4. The Morgan fingerprint density at radius 3 is 2.74 bits per heavy atom. The minimum atomic E-state index is 0.647. The average Bonchev–Trinajstić information content (AvgIpc) is 2.40. The number of nitrogens with one attached hydrogen (secondary N) is 1. The summed E-state index contributed by atoms with van der Waals surface area (Å²) in [4.78, 5) is 0. The van der Waals surface area contributed by atoms with Gasteiger partial charge in [0.1, 0.15) is 0 Å². The first-order valence-corrected chi connectivity index (χ1v) is 6.78. The molecule has 3 nitrogen and oxygen atoms in total. The van der Waals surface area contributed by atoms with Gasteiger partial charge in [-0.1, -0.05) is 26.0 Å². The predicted molar refractivity (Wildman–Crippen MR) is 79.8 cm³/mol. The van der Waals surface area contributed by atoms with Crippen molar-refractivity contribution in [2.75, 3.05) is 20.3 Å². The molecule has 0 unspecified atom stereocenters. The summed E-state index contributed by atoms with van der Waals surface area (Å²) in [6, 6.07) is 6.05. The van der Waals surface area contributed by atoms with Crippen LogP contribution in [0.2, 0.25) is 0 Å². The van der Waals surface area contributed by atoms with E-state index >= 15 is 0 Å². The lowest BCUT2D eigenvalue weighted by atomic mass is 10.1. The average molecular weight is 263 g/mol. The Labute approximate surface area is 116 Å². The van der Waals surface area contributed by atoms with E-state index in [1.54, 1.807) is 7.11 Å². The van der Waals surface area contributed by atoms with Crippen LogP contribution in [0.1, 0.15) is 25.8 Å². The molecular formula is C16H25NO2. The van der Waals surface area contributed by atoms with Crippen molar-refractivity contribution < 1.29 is 9.47 Å². The van der Waals surface area contributed by atoms with Crippen molar-refractivity contribution in [2.24, 2.45) is 5.92 Å². The van der Waals surface area contributed by atoms with Gasteiger partial charge in [0, 0.05) is 13.1 Å². The van der Waals surface area contributed by atoms with Gasteiger partial charge in [0.25, 0.3) is 0 Å². The molecule has 0 amide bonds. The number of hydrogen-bond acceptors (Lipinski definition) is 3. The summed E-state index contributed by atoms with van der Waals surface area (Å²) >= 11 is 0. The normalized spacial score (nSPS) is 10.5. The van der Waals surface area contributed by atoms with E-state index in [1.165, 1.54) is 5.56 Å². The van der Waals surface area contributed by atoms with Gasteiger partial charge in [0.2, 0.25) is 0 Å². The molecule has 1 rings (SSSR count). The molecular weight excluding hydrogens is 238 g/mol. The summed E-state index contributed by atoms with van der Waals surface area (Å²) in [5.41, 5.74) is 1.18. The van der Waals surface area contributed by atoms with Gasteiger partial charge in [-0.15, -0.1) is 6.58 Å². The van der Waals surface area contributed by atoms with Crippen molar-refractivity contribution in [1.29, 1.82) is 0 Å². The lowest BCUT2D eigenvalue weighted by Crippen LogP contribution is -2.12. The Bertz CT molecular complexity index is 388. The first kappa shape index (κ1) is 15.6. The lowest BCUT2D eigenvalue weighted by Gasteiger charge is -2.13. The van der Waals surface area contributed by atoms with Crippen LogP contribution in [0, 0.1) is 5.92 Å². The molecule has 0 radical (unpaired) electrons. The molecule has 0 aliphatic carbocycles. The van der Waals surface area contributed by atoms with Crippen LogP contribution in [0.15, 0.2) is 30.9 Å². The molecule has 0 aromatic heterocycles. The Hall–Kier alpha value is -1.48. The number of rotatable bonds is 9. The maximum Gasteiger partial charge on any atom is 0.161 e. The molecule has 0 saturated heterocycles. The fourth-order valence-corrected chi connectivity index (χ4v) is 1.66. The van der Waals surface area contributed by atoms with Crippen molar-refractivity contribution in [2.45, 2.75) is 26.8 Å². The second-order valence-corrected chi connectivity index (χ2v) is 4.94. The minimum absolute atomic E-state index is 0.647. The zero-order chi connectivity index (χ0) is 14.1. The predicted octanol–water partition coefficient (Wildman–Crippen LogP) is 3.40. The maximum absolute atomic E-state index is 5.76. The Kier molecular flexibility index (Phi) is 7.04. The molecule has 0 saturated carbocycles. The van der Waals surface area contributed by atoms with Crippen LogP contribution in [0.3, 0.4) is 0 Å². The summed E-state index contributed by atoms with van der Waals surface area (Å²) in [7, 11) is 1.67. The molecule has 0 aliphatic heterocycles. The molecule has 1 N–H and O–H groups in total. The number of ether oxygens (including phenoxy) is 2. The molecule has 0 fully saturated rings. The molecule has 106 valence electrons. The highest BCUT2D eigenvalue weighted by atomic mass is 16.5. The Morgan fingerprint density at radius 1 is 1.32 bits per heavy atom. The second-order valence-electron chi connectivity index (χ2n) is 4.94. The van der Waals surface area contributed by atoms with Crippen molar-refractivity contribution in [3.05, 3.63) is 36.4 Å². The first-order chi connectivity index (χ1) is 9.17. The molecule has 1 aromatic rings. The molecule has 0 spiro atoms. The molecule has 0 aliphatic rings. The fraction of sp³-hybridized carbons (Fsp3) is 0.500. The van der Waals surface area contributed by atoms with E-state index in [0.29, 0.717) is 5.92 Å². The van der Waals surface area contributed by atoms with E-state index in [1.807, 2.05) is 18.2 Å². The van der Waals surface area contributed by atoms with Crippen LogP contribution in [0.5, 0.6) is 11.5 Å². The van der Waals surface area contributed by atoms with Gasteiger partial charge in [-0.25, -0.2) is 0 Å². The zero-order valence-corrected chi connectivity index (χ0v) is 12.2. The van der Waals surface area contributed by atoms with Gasteiger partial charge in [-0.3, -0.25) is 0 Å². The molecule has 0 atom stereocenters. The topological polar surface area (TPSA) is 30.5 Å². The van der Waals surface area contributed by atoms with Crippen LogP contribution < -0.4 is 14.8 Å². The fourth-order valence-electron chi connectivity index (χ4n) is 1.66. The zero-order valence-electron chi connectivity index (χ0n) is 12.2. The number of hydrogen-bond donors (Lipinski definition) is 1. The highest BCUT2D eigenvalue weighted by Crippen LogP contribution is 2.28. The molecule has 3 heteroatoms. The summed E-state index contributed by atoms with van der Waals surface area (Å²) in [5.74, 6) is 2.26. The van der Waals surface area contributed by atoms with E-state index in [2.05, 4.69) is 31.8 Å². The van der Waals surface area contributed by atoms with E-state index in [-0.39, 0.29) is 0 Å². The first-order valence-electron chi connectivity index (χ1n) is 6.78. The lowest BCUT2D eigenvalue weighted by molar-refractivity contribution is 0.273. The van der Waals surface area contributed by atoms with Crippen molar-refractivity contribution in [3.8, 4) is 11.5 Å². The third kappa shape index (κ3) is 5.79. The quantitative estimate of drug-likeness (QED) is 0.547. The highest BCUT2D eigenvalue weighted by molar-refractivity contribution is 5.42. The summed E-state index contributed by atoms with van der Waals surface area (Å²) in [5, 5.41) is 3.27. The Morgan fingerprint density at radius 2 is 2.11 bits per heavy atom. The standard InChI is InChI=1S/C16H25NO2/c1-5-9-17-12-14-6-7-15(16(11-14)18-4)19-10-8-13(2)3/h5-7,11,13,17H,1,8-10,12H2,2-4H3. The monoisotopic (exact) mass is 263 g/mol. The van der Waals surface area contributed by atoms with Gasteiger partial charge in [0.05, 0.1) is 13.7 Å². The van der Waals surface area contributed by atoms with Gasteiger partial charge in [-0.05, 0) is 30.0 Å². The third-order valence-corrected chi connectivity index (χ3v) is 2.80.